The number of hydrogen-bond donors (Lipinski definition) is 0. The Morgan fingerprint density at radius 2 is 1.96 bits per heavy atom. The molecule has 128 valence electrons. The maximum absolute atomic E-state index is 13.4. The second-order valence-electron chi connectivity index (χ2n) is 6.26. The number of amides is 1. The molecule has 2 heterocycles. The Balaban J connectivity index is 1.83. The van der Waals surface area contributed by atoms with Gasteiger partial charge in [0, 0.05) is 24.1 Å². The molecule has 1 unspecified atom stereocenters. The molecule has 1 atom stereocenters. The zero-order valence-corrected chi connectivity index (χ0v) is 15.0. The molecular formula is C20H25NO2S. The molecule has 1 aromatic carbocycles. The van der Waals surface area contributed by atoms with Gasteiger partial charge in [-0.1, -0.05) is 43.3 Å². The Bertz CT molecular complexity index is 620. The Morgan fingerprint density at radius 3 is 2.58 bits per heavy atom. The summed E-state index contributed by atoms with van der Waals surface area (Å²) in [6.45, 7) is 4.31. The van der Waals surface area contributed by atoms with Crippen molar-refractivity contribution in [2.45, 2.75) is 44.7 Å². The highest BCUT2D eigenvalue weighted by atomic mass is 32.1. The van der Waals surface area contributed by atoms with E-state index in [1.165, 1.54) is 4.88 Å². The van der Waals surface area contributed by atoms with Crippen LogP contribution in [-0.2, 0) is 16.1 Å². The average Bonchev–Trinajstić information content (AvgIpc) is 3.15. The van der Waals surface area contributed by atoms with Crippen LogP contribution in [0, 0.1) is 0 Å². The second kappa shape index (κ2) is 8.45. The van der Waals surface area contributed by atoms with Crippen LogP contribution in [0.1, 0.15) is 42.5 Å². The molecule has 1 aromatic heterocycles. The molecule has 1 saturated heterocycles. The Kier molecular flexibility index (Phi) is 6.05. The van der Waals surface area contributed by atoms with Gasteiger partial charge in [0.2, 0.25) is 5.91 Å². The zero-order valence-electron chi connectivity index (χ0n) is 14.2. The van der Waals surface area contributed by atoms with Crippen molar-refractivity contribution in [3.63, 3.8) is 0 Å². The molecule has 0 aliphatic carbocycles. The summed E-state index contributed by atoms with van der Waals surface area (Å²) in [5.74, 6) is 0.193. The number of carbonyl (C=O) groups is 1. The average molecular weight is 343 g/mol. The van der Waals surface area contributed by atoms with E-state index in [0.29, 0.717) is 6.54 Å². The van der Waals surface area contributed by atoms with E-state index in [0.717, 1.165) is 38.0 Å². The summed E-state index contributed by atoms with van der Waals surface area (Å²) in [5.41, 5.74) is 1.12. The largest absolute Gasteiger partial charge is 0.381 e. The van der Waals surface area contributed by atoms with Gasteiger partial charge < -0.3 is 9.64 Å². The number of ether oxygens (including phenoxy) is 1. The lowest BCUT2D eigenvalue weighted by Crippen LogP contribution is -2.44. The smallest absolute Gasteiger partial charge is 0.230 e. The Hall–Kier alpha value is -1.65. The van der Waals surface area contributed by atoms with Gasteiger partial charge in [-0.05, 0) is 36.3 Å². The van der Waals surface area contributed by atoms with Gasteiger partial charge in [-0.15, -0.1) is 11.3 Å². The van der Waals surface area contributed by atoms with Crippen LogP contribution < -0.4 is 0 Å². The monoisotopic (exact) mass is 343 g/mol. The quantitative estimate of drug-likeness (QED) is 0.775. The van der Waals surface area contributed by atoms with E-state index < -0.39 is 0 Å². The predicted octanol–water partition coefficient (Wildman–Crippen LogP) is 4.45. The minimum atomic E-state index is -0.0611. The predicted molar refractivity (Wildman–Crippen MR) is 98.2 cm³/mol. The van der Waals surface area contributed by atoms with Crippen molar-refractivity contribution < 1.29 is 9.53 Å². The molecule has 24 heavy (non-hydrogen) atoms. The van der Waals surface area contributed by atoms with Gasteiger partial charge in [0.25, 0.3) is 0 Å². The highest BCUT2D eigenvalue weighted by Gasteiger charge is 2.31. The fraction of sp³-hybridized carbons (Fsp3) is 0.450. The van der Waals surface area contributed by atoms with Gasteiger partial charge in [0.15, 0.2) is 0 Å². The number of hydrogen-bond acceptors (Lipinski definition) is 3. The summed E-state index contributed by atoms with van der Waals surface area (Å²) >= 11 is 1.72. The number of nitrogens with zero attached hydrogens (tertiary/aromatic N) is 1. The molecular weight excluding hydrogens is 318 g/mol. The zero-order chi connectivity index (χ0) is 16.8. The maximum Gasteiger partial charge on any atom is 0.230 e. The number of thiophene rings is 1. The van der Waals surface area contributed by atoms with Crippen molar-refractivity contribution in [3.8, 4) is 0 Å². The SMILES string of the molecule is CCC(C(=O)N(Cc1cccs1)C1CCOCC1)c1ccccc1. The summed E-state index contributed by atoms with van der Waals surface area (Å²) in [4.78, 5) is 16.7. The van der Waals surface area contributed by atoms with Crippen molar-refractivity contribution in [1.82, 2.24) is 4.90 Å². The normalized spacial score (nSPS) is 16.7. The number of benzene rings is 1. The van der Waals surface area contributed by atoms with Crippen molar-refractivity contribution in [2.24, 2.45) is 0 Å². The summed E-state index contributed by atoms with van der Waals surface area (Å²) in [6.07, 6.45) is 2.69. The molecule has 3 nitrogen and oxygen atoms in total. The third kappa shape index (κ3) is 4.05. The van der Waals surface area contributed by atoms with Crippen molar-refractivity contribution in [2.75, 3.05) is 13.2 Å². The lowest BCUT2D eigenvalue weighted by atomic mass is 9.93. The summed E-state index contributed by atoms with van der Waals surface area (Å²) < 4.78 is 5.50. The van der Waals surface area contributed by atoms with E-state index in [1.54, 1.807) is 11.3 Å². The first-order chi connectivity index (χ1) is 11.8. The van der Waals surface area contributed by atoms with Crippen LogP contribution in [-0.4, -0.2) is 30.1 Å². The molecule has 0 saturated carbocycles. The Morgan fingerprint density at radius 1 is 1.21 bits per heavy atom. The molecule has 2 aromatic rings. The van der Waals surface area contributed by atoms with E-state index >= 15 is 0 Å². The Labute approximate surface area is 148 Å². The number of rotatable bonds is 6. The van der Waals surface area contributed by atoms with E-state index in [2.05, 4.69) is 41.5 Å². The highest BCUT2D eigenvalue weighted by molar-refractivity contribution is 7.09. The first-order valence-electron chi connectivity index (χ1n) is 8.75. The third-order valence-corrected chi connectivity index (χ3v) is 5.59. The molecule has 0 spiro atoms. The summed E-state index contributed by atoms with van der Waals surface area (Å²) in [7, 11) is 0. The van der Waals surface area contributed by atoms with Crippen molar-refractivity contribution in [1.29, 1.82) is 0 Å². The first kappa shape index (κ1) is 17.2. The van der Waals surface area contributed by atoms with E-state index in [1.807, 2.05) is 18.2 Å². The van der Waals surface area contributed by atoms with Crippen LogP contribution in [0.5, 0.6) is 0 Å². The van der Waals surface area contributed by atoms with Crippen molar-refractivity contribution in [3.05, 3.63) is 58.3 Å². The minimum absolute atomic E-state index is 0.0611. The highest BCUT2D eigenvalue weighted by Crippen LogP contribution is 2.27. The van der Waals surface area contributed by atoms with E-state index in [-0.39, 0.29) is 17.9 Å². The minimum Gasteiger partial charge on any atom is -0.381 e. The fourth-order valence-corrected chi connectivity index (χ4v) is 4.10. The molecule has 3 rings (SSSR count). The molecule has 0 N–H and O–H groups in total. The third-order valence-electron chi connectivity index (χ3n) is 4.73. The molecule has 1 aliphatic heterocycles. The van der Waals surface area contributed by atoms with Crippen LogP contribution in [0.4, 0.5) is 0 Å². The fourth-order valence-electron chi connectivity index (χ4n) is 3.39. The van der Waals surface area contributed by atoms with E-state index in [4.69, 9.17) is 4.74 Å². The summed E-state index contributed by atoms with van der Waals surface area (Å²) in [5, 5.41) is 2.08. The topological polar surface area (TPSA) is 29.5 Å². The first-order valence-corrected chi connectivity index (χ1v) is 9.63. The molecule has 1 aliphatic rings. The number of carbonyl (C=O) groups excluding carboxylic acids is 1. The van der Waals surface area contributed by atoms with Crippen LogP contribution in [0.25, 0.3) is 0 Å². The molecule has 4 heteroatoms. The van der Waals surface area contributed by atoms with E-state index in [9.17, 15) is 4.79 Å². The second-order valence-corrected chi connectivity index (χ2v) is 7.29. The molecule has 1 fully saturated rings. The standard InChI is InChI=1S/C20H25NO2S/c1-2-19(16-7-4-3-5-8-16)20(22)21(15-18-9-6-14-24-18)17-10-12-23-13-11-17/h3-9,14,17,19H,2,10-13,15H2,1H3. The van der Waals surface area contributed by atoms with Gasteiger partial charge in [-0.2, -0.15) is 0 Å². The van der Waals surface area contributed by atoms with Gasteiger partial charge in [-0.3, -0.25) is 4.79 Å². The van der Waals surface area contributed by atoms with Crippen molar-refractivity contribution >= 4 is 17.2 Å². The van der Waals surface area contributed by atoms with Crippen LogP contribution >= 0.6 is 11.3 Å². The molecule has 1 amide bonds. The summed E-state index contributed by atoms with van der Waals surface area (Å²) in [6, 6.07) is 14.6. The molecule has 0 radical (unpaired) electrons. The van der Waals surface area contributed by atoms with Gasteiger partial charge in [0.05, 0.1) is 12.5 Å². The van der Waals surface area contributed by atoms with Crippen LogP contribution in [0.3, 0.4) is 0 Å². The van der Waals surface area contributed by atoms with Gasteiger partial charge >= 0.3 is 0 Å². The maximum atomic E-state index is 13.4. The molecule has 0 bridgehead atoms. The lowest BCUT2D eigenvalue weighted by Gasteiger charge is -2.36. The van der Waals surface area contributed by atoms with Gasteiger partial charge in [0.1, 0.15) is 0 Å². The van der Waals surface area contributed by atoms with Crippen LogP contribution in [0.15, 0.2) is 47.8 Å². The lowest BCUT2D eigenvalue weighted by molar-refractivity contribution is -0.138. The van der Waals surface area contributed by atoms with Gasteiger partial charge in [-0.25, -0.2) is 0 Å². The van der Waals surface area contributed by atoms with Crippen LogP contribution in [0.2, 0.25) is 0 Å².